The quantitative estimate of drug-likeness (QED) is 0.264. The zero-order chi connectivity index (χ0) is 23.2. The van der Waals surface area contributed by atoms with E-state index in [1.54, 1.807) is 43.0 Å². The lowest BCUT2D eigenvalue weighted by molar-refractivity contribution is 0.415. The lowest BCUT2D eigenvalue weighted by Gasteiger charge is -2.24. The van der Waals surface area contributed by atoms with E-state index < -0.39 is 0 Å². The summed E-state index contributed by atoms with van der Waals surface area (Å²) in [5.41, 5.74) is 2.12. The highest BCUT2D eigenvalue weighted by Crippen LogP contribution is 2.43. The Morgan fingerprint density at radius 2 is 1.24 bits per heavy atom. The average Bonchev–Trinajstić information content (AvgIpc) is 3.53. The van der Waals surface area contributed by atoms with Gasteiger partial charge in [0.05, 0.1) is 14.2 Å². The Bertz CT molecular complexity index is 1290. The predicted octanol–water partition coefficient (Wildman–Crippen LogP) is 7.39. The Morgan fingerprint density at radius 3 is 1.76 bits per heavy atom. The molecule has 0 spiro atoms. The normalized spacial score (nSPS) is 10.1. The van der Waals surface area contributed by atoms with Crippen molar-refractivity contribution >= 4 is 45.1 Å². The SMILES string of the molecule is COc1ccc(N(c2ccc(OC)cc2)c2ccc(-c3ccc(C=C(C#N)C#N)s3)s2)cc1. The number of thiophene rings is 2. The van der Waals surface area contributed by atoms with Gasteiger partial charge >= 0.3 is 0 Å². The van der Waals surface area contributed by atoms with E-state index in [0.717, 1.165) is 42.5 Å². The molecular weight excluding hydrogens is 450 g/mol. The van der Waals surface area contributed by atoms with Gasteiger partial charge in [-0.15, -0.1) is 22.7 Å². The molecule has 0 saturated heterocycles. The van der Waals surface area contributed by atoms with Crippen molar-refractivity contribution in [3.63, 3.8) is 0 Å². The van der Waals surface area contributed by atoms with Crippen molar-refractivity contribution in [2.24, 2.45) is 0 Å². The topological polar surface area (TPSA) is 69.3 Å². The molecule has 4 rings (SSSR count). The number of ether oxygens (including phenoxy) is 2. The van der Waals surface area contributed by atoms with Crippen LogP contribution < -0.4 is 14.4 Å². The summed E-state index contributed by atoms with van der Waals surface area (Å²) in [7, 11) is 3.31. The van der Waals surface area contributed by atoms with E-state index in [9.17, 15) is 0 Å². The average molecular weight is 470 g/mol. The molecule has 0 aliphatic carbocycles. The second-order valence-corrected chi connectivity index (χ2v) is 9.03. The first-order valence-corrected chi connectivity index (χ1v) is 11.6. The number of allylic oxidation sites excluding steroid dienone is 1. The molecule has 5 nitrogen and oxygen atoms in total. The molecule has 162 valence electrons. The second-order valence-electron chi connectivity index (χ2n) is 6.85. The van der Waals surface area contributed by atoms with Crippen LogP contribution in [0.4, 0.5) is 16.4 Å². The molecule has 2 aromatic heterocycles. The number of methoxy groups -OCH3 is 2. The standard InChI is InChI=1S/C26H19N3O2S2/c1-30-21-7-3-19(4-8-21)29(20-5-9-22(31-2)10-6-20)26-14-13-25(33-26)24-12-11-23(32-24)15-18(16-27)17-28/h3-15H,1-2H3. The molecule has 4 aromatic rings. The van der Waals surface area contributed by atoms with Gasteiger partial charge in [0.25, 0.3) is 0 Å². The number of anilines is 3. The molecule has 0 aliphatic heterocycles. The van der Waals surface area contributed by atoms with Crippen LogP contribution in [0.2, 0.25) is 0 Å². The number of hydrogen-bond donors (Lipinski definition) is 0. The van der Waals surface area contributed by atoms with Crippen molar-refractivity contribution in [2.45, 2.75) is 0 Å². The zero-order valence-electron chi connectivity index (χ0n) is 18.0. The maximum Gasteiger partial charge on any atom is 0.131 e. The fourth-order valence-corrected chi connectivity index (χ4v) is 5.33. The van der Waals surface area contributed by atoms with Gasteiger partial charge in [-0.25, -0.2) is 0 Å². The van der Waals surface area contributed by atoms with Crippen LogP contribution in [0.1, 0.15) is 4.88 Å². The Balaban J connectivity index is 1.71. The highest BCUT2D eigenvalue weighted by molar-refractivity contribution is 7.24. The maximum absolute atomic E-state index is 9.00. The van der Waals surface area contributed by atoms with Gasteiger partial charge in [0.2, 0.25) is 0 Å². The van der Waals surface area contributed by atoms with Gasteiger partial charge < -0.3 is 14.4 Å². The molecule has 7 heteroatoms. The van der Waals surface area contributed by atoms with E-state index in [1.165, 1.54) is 0 Å². The molecule has 33 heavy (non-hydrogen) atoms. The van der Waals surface area contributed by atoms with Gasteiger partial charge in [-0.05, 0) is 78.9 Å². The Kier molecular flexibility index (Phi) is 6.75. The monoisotopic (exact) mass is 469 g/mol. The first kappa shape index (κ1) is 22.2. The van der Waals surface area contributed by atoms with Gasteiger partial charge in [-0.2, -0.15) is 10.5 Å². The van der Waals surface area contributed by atoms with Crippen molar-refractivity contribution in [1.82, 2.24) is 0 Å². The molecule has 0 fully saturated rings. The molecule has 0 atom stereocenters. The molecule has 0 N–H and O–H groups in total. The fraction of sp³-hybridized carbons (Fsp3) is 0.0769. The second kappa shape index (κ2) is 10.1. The van der Waals surface area contributed by atoms with Crippen LogP contribution in [0.25, 0.3) is 15.8 Å². The maximum atomic E-state index is 9.00. The lowest BCUT2D eigenvalue weighted by Crippen LogP contribution is -2.08. The summed E-state index contributed by atoms with van der Waals surface area (Å²) in [6.45, 7) is 0. The highest BCUT2D eigenvalue weighted by atomic mass is 32.1. The molecule has 0 amide bonds. The van der Waals surface area contributed by atoms with Gasteiger partial charge in [0.1, 0.15) is 34.2 Å². The number of benzene rings is 2. The van der Waals surface area contributed by atoms with Crippen LogP contribution in [-0.4, -0.2) is 14.2 Å². The molecule has 0 unspecified atom stereocenters. The first-order chi connectivity index (χ1) is 16.1. The van der Waals surface area contributed by atoms with Crippen molar-refractivity contribution < 1.29 is 9.47 Å². The van der Waals surface area contributed by atoms with Crippen LogP contribution in [0.15, 0.2) is 78.4 Å². The predicted molar refractivity (Wildman–Crippen MR) is 135 cm³/mol. The van der Waals surface area contributed by atoms with Crippen LogP contribution in [0.3, 0.4) is 0 Å². The number of nitriles is 2. The van der Waals surface area contributed by atoms with Crippen molar-refractivity contribution in [2.75, 3.05) is 19.1 Å². The molecule has 0 saturated carbocycles. The highest BCUT2D eigenvalue weighted by Gasteiger charge is 2.16. The van der Waals surface area contributed by atoms with E-state index in [-0.39, 0.29) is 5.57 Å². The Morgan fingerprint density at radius 1 is 0.727 bits per heavy atom. The summed E-state index contributed by atoms with van der Waals surface area (Å²) >= 11 is 3.22. The third-order valence-corrected chi connectivity index (χ3v) is 7.17. The first-order valence-electron chi connectivity index (χ1n) is 9.95. The lowest BCUT2D eigenvalue weighted by atomic mass is 10.2. The Hall–Kier alpha value is -4.04. The van der Waals surface area contributed by atoms with Crippen LogP contribution in [-0.2, 0) is 0 Å². The van der Waals surface area contributed by atoms with E-state index >= 15 is 0 Å². The molecular formula is C26H19N3O2S2. The van der Waals surface area contributed by atoms with E-state index in [2.05, 4.69) is 17.0 Å². The van der Waals surface area contributed by atoms with Crippen molar-refractivity contribution in [3.05, 3.63) is 83.2 Å². The zero-order valence-corrected chi connectivity index (χ0v) is 19.6. The minimum Gasteiger partial charge on any atom is -0.497 e. The summed E-state index contributed by atoms with van der Waals surface area (Å²) in [6, 6.07) is 27.8. The third kappa shape index (κ3) is 4.91. The summed E-state index contributed by atoms with van der Waals surface area (Å²) in [4.78, 5) is 5.25. The van der Waals surface area contributed by atoms with Crippen molar-refractivity contribution in [3.8, 4) is 33.4 Å². The van der Waals surface area contributed by atoms with Crippen LogP contribution >= 0.6 is 22.7 Å². The largest absolute Gasteiger partial charge is 0.497 e. The van der Waals surface area contributed by atoms with Gasteiger partial charge in [-0.1, -0.05) is 0 Å². The molecule has 2 heterocycles. The fourth-order valence-electron chi connectivity index (χ4n) is 3.24. The molecule has 0 aliphatic rings. The number of hydrogen-bond acceptors (Lipinski definition) is 7. The van der Waals surface area contributed by atoms with E-state index in [4.69, 9.17) is 20.0 Å². The summed E-state index contributed by atoms with van der Waals surface area (Å²) in [6.07, 6.45) is 1.61. The molecule has 0 radical (unpaired) electrons. The number of nitrogens with zero attached hydrogens (tertiary/aromatic N) is 3. The molecule has 0 bridgehead atoms. The minimum atomic E-state index is 0.0976. The van der Waals surface area contributed by atoms with Crippen molar-refractivity contribution in [1.29, 1.82) is 10.5 Å². The van der Waals surface area contributed by atoms with E-state index in [0.29, 0.717) is 0 Å². The van der Waals surface area contributed by atoms with Crippen LogP contribution in [0, 0.1) is 22.7 Å². The smallest absolute Gasteiger partial charge is 0.131 e. The summed E-state index contributed by atoms with van der Waals surface area (Å²) < 4.78 is 10.6. The number of rotatable bonds is 7. The van der Waals surface area contributed by atoms with Gasteiger partial charge in [0.15, 0.2) is 0 Å². The summed E-state index contributed by atoms with van der Waals surface area (Å²) in [5, 5.41) is 19.1. The van der Waals surface area contributed by atoms with Gasteiger partial charge in [0, 0.05) is 26.0 Å². The van der Waals surface area contributed by atoms with E-state index in [1.807, 2.05) is 72.8 Å². The summed E-state index contributed by atoms with van der Waals surface area (Å²) in [5.74, 6) is 1.60. The Labute approximate surface area is 200 Å². The molecule has 2 aromatic carbocycles. The van der Waals surface area contributed by atoms with Gasteiger partial charge in [-0.3, -0.25) is 0 Å². The minimum absolute atomic E-state index is 0.0976. The third-order valence-electron chi connectivity index (χ3n) is 4.87. The van der Waals surface area contributed by atoms with Crippen LogP contribution in [0.5, 0.6) is 11.5 Å².